The molecule has 0 unspecified atom stereocenters. The number of thiol groups is 1. The van der Waals surface area contributed by atoms with Gasteiger partial charge in [0.1, 0.15) is 0 Å². The summed E-state index contributed by atoms with van der Waals surface area (Å²) >= 11 is 4.11. The molecule has 62 valence electrons. The van der Waals surface area contributed by atoms with Crippen molar-refractivity contribution >= 4 is 24.8 Å². The van der Waals surface area contributed by atoms with Gasteiger partial charge in [-0.2, -0.15) is 0 Å². The number of rotatable bonds is 3. The first-order chi connectivity index (χ1) is 5.20. The predicted octanol–water partition coefficient (Wildman–Crippen LogP) is 2.22. The summed E-state index contributed by atoms with van der Waals surface area (Å²) in [7, 11) is 0. The normalized spacial score (nSPS) is 12.5. The van der Waals surface area contributed by atoms with Crippen molar-refractivity contribution in [1.29, 1.82) is 0 Å². The topological polar surface area (TPSA) is 29.4 Å². The lowest BCUT2D eigenvalue weighted by molar-refractivity contribution is -0.113. The molecule has 11 heavy (non-hydrogen) atoms. The van der Waals surface area contributed by atoms with Gasteiger partial charge in [-0.3, -0.25) is 4.79 Å². The third-order valence-electron chi connectivity index (χ3n) is 1.05. The minimum absolute atomic E-state index is 0.231. The molecule has 0 aromatic rings. The number of aliphatic imine (C=N–C) groups is 1. The first kappa shape index (κ1) is 10.4. The number of carbonyl (C=O) groups excluding carboxylic acids is 1. The molecule has 0 rings (SSSR count). The summed E-state index contributed by atoms with van der Waals surface area (Å²) in [5.41, 5.74) is 0. The number of allylic oxidation sites excluding steroid dienone is 1. The lowest BCUT2D eigenvalue weighted by Gasteiger charge is -1.92. The molecule has 2 nitrogen and oxygen atoms in total. The average molecular weight is 171 g/mol. The number of hydrogen-bond donors (Lipinski definition) is 1. The summed E-state index contributed by atoms with van der Waals surface area (Å²) in [6, 6.07) is 0. The van der Waals surface area contributed by atoms with E-state index in [0.717, 1.165) is 17.7 Å². The lowest BCUT2D eigenvalue weighted by Crippen LogP contribution is -1.87. The van der Waals surface area contributed by atoms with E-state index in [2.05, 4.69) is 17.6 Å². The van der Waals surface area contributed by atoms with Gasteiger partial charge in [0.25, 0.3) is 5.91 Å². The van der Waals surface area contributed by atoms with E-state index in [1.165, 1.54) is 12.3 Å². The molecule has 1 amide bonds. The van der Waals surface area contributed by atoms with Crippen molar-refractivity contribution in [3.8, 4) is 0 Å². The Balaban J connectivity index is 3.96. The summed E-state index contributed by atoms with van der Waals surface area (Å²) in [5.74, 6) is -0.231. The van der Waals surface area contributed by atoms with E-state index in [0.29, 0.717) is 0 Å². The zero-order valence-corrected chi connectivity index (χ0v) is 7.77. The summed E-state index contributed by atoms with van der Waals surface area (Å²) in [5, 5.41) is 0. The van der Waals surface area contributed by atoms with Crippen LogP contribution in [0.15, 0.2) is 16.0 Å². The van der Waals surface area contributed by atoms with E-state index >= 15 is 0 Å². The van der Waals surface area contributed by atoms with Gasteiger partial charge in [-0.1, -0.05) is 13.3 Å². The Kier molecular flexibility index (Phi) is 5.84. The lowest BCUT2D eigenvalue weighted by atomic mass is 10.3. The van der Waals surface area contributed by atoms with Crippen LogP contribution in [0.5, 0.6) is 0 Å². The van der Waals surface area contributed by atoms with Crippen LogP contribution in [0.3, 0.4) is 0 Å². The average Bonchev–Trinajstić information content (AvgIpc) is 1.87. The zero-order chi connectivity index (χ0) is 8.69. The van der Waals surface area contributed by atoms with Gasteiger partial charge >= 0.3 is 0 Å². The second kappa shape index (κ2) is 6.16. The Morgan fingerprint density at radius 1 is 1.64 bits per heavy atom. The van der Waals surface area contributed by atoms with Crippen LogP contribution in [0.1, 0.15) is 26.7 Å². The molecule has 0 heterocycles. The minimum atomic E-state index is -0.231. The monoisotopic (exact) mass is 171 g/mol. The van der Waals surface area contributed by atoms with Crippen LogP contribution in [-0.4, -0.2) is 12.1 Å². The Morgan fingerprint density at radius 2 is 2.27 bits per heavy atom. The predicted molar refractivity (Wildman–Crippen MR) is 51.2 cm³/mol. The highest BCUT2D eigenvalue weighted by atomic mass is 32.1. The van der Waals surface area contributed by atoms with Crippen molar-refractivity contribution in [3.05, 3.63) is 11.0 Å². The molecule has 0 aromatic heterocycles. The van der Waals surface area contributed by atoms with Gasteiger partial charge in [-0.05, 0) is 18.2 Å². The van der Waals surface area contributed by atoms with E-state index in [1.807, 2.05) is 6.92 Å². The largest absolute Gasteiger partial charge is 0.270 e. The van der Waals surface area contributed by atoms with Crippen molar-refractivity contribution in [1.82, 2.24) is 0 Å². The van der Waals surface area contributed by atoms with Gasteiger partial charge in [0, 0.05) is 12.3 Å². The van der Waals surface area contributed by atoms with Crippen molar-refractivity contribution in [2.45, 2.75) is 26.7 Å². The minimum Gasteiger partial charge on any atom is -0.267 e. The zero-order valence-electron chi connectivity index (χ0n) is 6.87. The highest BCUT2D eigenvalue weighted by molar-refractivity contribution is 7.84. The first-order valence-corrected chi connectivity index (χ1v) is 4.07. The van der Waals surface area contributed by atoms with Gasteiger partial charge < -0.3 is 0 Å². The highest BCUT2D eigenvalue weighted by Gasteiger charge is 1.93. The van der Waals surface area contributed by atoms with Crippen LogP contribution < -0.4 is 0 Å². The summed E-state index contributed by atoms with van der Waals surface area (Å²) in [6.45, 7) is 3.75. The van der Waals surface area contributed by atoms with Crippen LogP contribution in [0.4, 0.5) is 0 Å². The highest BCUT2D eigenvalue weighted by Crippen LogP contribution is 2.08. The molecule has 0 aliphatic rings. The summed E-state index contributed by atoms with van der Waals surface area (Å²) in [6.07, 6.45) is 4.77. The fourth-order valence-electron chi connectivity index (χ4n) is 0.635. The molecule has 0 fully saturated rings. The van der Waals surface area contributed by atoms with Crippen LogP contribution in [0.25, 0.3) is 0 Å². The third-order valence-corrected chi connectivity index (χ3v) is 1.41. The number of hydrogen-bond acceptors (Lipinski definition) is 2. The standard InChI is InChI=1S/C8H13NOS/c1-3-5-7(11)6-8(10)9-4-2/h4,6,11H,3,5H2,1-2H3/b7-6-,9-4?. The molecule has 0 N–H and O–H groups in total. The molecule has 0 radical (unpaired) electrons. The second-order valence-electron chi connectivity index (χ2n) is 2.11. The Hall–Kier alpha value is -0.570. The van der Waals surface area contributed by atoms with Crippen molar-refractivity contribution in [2.75, 3.05) is 0 Å². The van der Waals surface area contributed by atoms with Crippen LogP contribution in [-0.2, 0) is 4.79 Å². The fraction of sp³-hybridized carbons (Fsp3) is 0.500. The summed E-state index contributed by atoms with van der Waals surface area (Å²) in [4.78, 5) is 15.2. The molecular weight excluding hydrogens is 158 g/mol. The quantitative estimate of drug-likeness (QED) is 0.394. The Labute approximate surface area is 72.8 Å². The van der Waals surface area contributed by atoms with Crippen molar-refractivity contribution in [3.63, 3.8) is 0 Å². The SMILES string of the molecule is CC=NC(=O)/C=C(\S)CCC. The van der Waals surface area contributed by atoms with E-state index < -0.39 is 0 Å². The third kappa shape index (κ3) is 5.85. The maximum absolute atomic E-state index is 10.8. The molecule has 0 aliphatic heterocycles. The molecule has 0 aromatic carbocycles. The number of nitrogens with zero attached hydrogens (tertiary/aromatic N) is 1. The Bertz CT molecular complexity index is 185. The molecule has 0 saturated heterocycles. The smallest absolute Gasteiger partial charge is 0.267 e. The van der Waals surface area contributed by atoms with Crippen LogP contribution in [0.2, 0.25) is 0 Å². The van der Waals surface area contributed by atoms with Gasteiger partial charge in [0.05, 0.1) is 0 Å². The van der Waals surface area contributed by atoms with Crippen molar-refractivity contribution in [2.24, 2.45) is 4.99 Å². The fourth-order valence-corrected chi connectivity index (χ4v) is 0.969. The first-order valence-electron chi connectivity index (χ1n) is 3.62. The molecule has 3 heteroatoms. The van der Waals surface area contributed by atoms with E-state index in [9.17, 15) is 4.79 Å². The second-order valence-corrected chi connectivity index (χ2v) is 2.69. The maximum atomic E-state index is 10.8. The molecule has 0 saturated carbocycles. The van der Waals surface area contributed by atoms with Gasteiger partial charge in [0.2, 0.25) is 0 Å². The Morgan fingerprint density at radius 3 is 2.73 bits per heavy atom. The molecule has 0 aliphatic carbocycles. The molecule has 0 atom stereocenters. The van der Waals surface area contributed by atoms with Crippen molar-refractivity contribution < 1.29 is 4.79 Å². The van der Waals surface area contributed by atoms with Gasteiger partial charge in [0.15, 0.2) is 0 Å². The van der Waals surface area contributed by atoms with Crippen LogP contribution >= 0.6 is 12.6 Å². The number of carbonyl (C=O) groups is 1. The van der Waals surface area contributed by atoms with Gasteiger partial charge in [-0.15, -0.1) is 12.6 Å². The van der Waals surface area contributed by atoms with E-state index in [-0.39, 0.29) is 5.91 Å². The summed E-state index contributed by atoms with van der Waals surface area (Å²) < 4.78 is 0. The van der Waals surface area contributed by atoms with E-state index in [4.69, 9.17) is 0 Å². The molecular formula is C8H13NOS. The molecule has 0 bridgehead atoms. The number of amides is 1. The van der Waals surface area contributed by atoms with Gasteiger partial charge in [-0.25, -0.2) is 4.99 Å². The van der Waals surface area contributed by atoms with Crippen LogP contribution in [0, 0.1) is 0 Å². The molecule has 0 spiro atoms. The van der Waals surface area contributed by atoms with E-state index in [1.54, 1.807) is 6.92 Å². The maximum Gasteiger partial charge on any atom is 0.270 e.